The summed E-state index contributed by atoms with van der Waals surface area (Å²) < 4.78 is 5.38. The maximum Gasteiger partial charge on any atom is 0.338 e. The number of nitrogens with zero attached hydrogens (tertiary/aromatic N) is 1. The van der Waals surface area contributed by atoms with Gasteiger partial charge < -0.3 is 4.74 Å². The molecule has 1 rings (SSSR count). The van der Waals surface area contributed by atoms with Crippen molar-refractivity contribution in [1.82, 2.24) is 0 Å². The molecule has 0 spiro atoms. The second kappa shape index (κ2) is 5.19. The highest BCUT2D eigenvalue weighted by molar-refractivity contribution is 9.10. The van der Waals surface area contributed by atoms with Crippen molar-refractivity contribution in [3.63, 3.8) is 0 Å². The summed E-state index contributed by atoms with van der Waals surface area (Å²) >= 11 is 7.32. The van der Waals surface area contributed by atoms with Gasteiger partial charge in [-0.1, -0.05) is 0 Å². The summed E-state index contributed by atoms with van der Waals surface area (Å²) in [4.78, 5) is 11.8. The Labute approximate surface area is 102 Å². The molecule has 0 radical (unpaired) electrons. The SMILES string of the molecule is CCOC(=O)c1cc(S)c(C#N)c(Br)c1. The Morgan fingerprint density at radius 1 is 1.67 bits per heavy atom. The van der Waals surface area contributed by atoms with Crippen LogP contribution in [-0.2, 0) is 4.74 Å². The Kier molecular flexibility index (Phi) is 4.18. The number of ether oxygens (including phenoxy) is 1. The number of nitriles is 1. The Morgan fingerprint density at radius 2 is 2.33 bits per heavy atom. The molecule has 0 fully saturated rings. The highest BCUT2D eigenvalue weighted by Crippen LogP contribution is 2.25. The lowest BCUT2D eigenvalue weighted by molar-refractivity contribution is 0.0526. The van der Waals surface area contributed by atoms with Gasteiger partial charge in [-0.2, -0.15) is 5.26 Å². The van der Waals surface area contributed by atoms with Crippen molar-refractivity contribution >= 4 is 34.5 Å². The average Bonchev–Trinajstić information content (AvgIpc) is 2.17. The Hall–Kier alpha value is -0.990. The summed E-state index contributed by atoms with van der Waals surface area (Å²) in [6.07, 6.45) is 0. The van der Waals surface area contributed by atoms with E-state index >= 15 is 0 Å². The summed E-state index contributed by atoms with van der Waals surface area (Å²) in [6.45, 7) is 2.05. The van der Waals surface area contributed by atoms with Crippen molar-refractivity contribution in [2.45, 2.75) is 11.8 Å². The molecule has 0 heterocycles. The summed E-state index contributed by atoms with van der Waals surface area (Å²) in [5.41, 5.74) is 0.791. The molecule has 0 saturated heterocycles. The van der Waals surface area contributed by atoms with E-state index in [1.54, 1.807) is 13.0 Å². The number of carbonyl (C=O) groups is 1. The van der Waals surface area contributed by atoms with Crippen LogP contribution >= 0.6 is 28.6 Å². The molecule has 1 aromatic rings. The van der Waals surface area contributed by atoms with E-state index in [1.807, 2.05) is 6.07 Å². The summed E-state index contributed by atoms with van der Waals surface area (Å²) in [5, 5.41) is 8.79. The summed E-state index contributed by atoms with van der Waals surface area (Å²) in [7, 11) is 0. The maximum atomic E-state index is 11.4. The molecule has 0 bridgehead atoms. The number of carbonyl (C=O) groups excluding carboxylic acids is 1. The highest BCUT2D eigenvalue weighted by Gasteiger charge is 2.12. The quantitative estimate of drug-likeness (QED) is 0.672. The molecule has 78 valence electrons. The van der Waals surface area contributed by atoms with Crippen LogP contribution in [0.5, 0.6) is 0 Å². The van der Waals surface area contributed by atoms with Crippen LogP contribution in [0.15, 0.2) is 21.5 Å². The van der Waals surface area contributed by atoms with Crippen LogP contribution < -0.4 is 0 Å². The molecule has 3 nitrogen and oxygen atoms in total. The topological polar surface area (TPSA) is 50.1 Å². The normalized spacial score (nSPS) is 9.47. The van der Waals surface area contributed by atoms with Gasteiger partial charge in [0.05, 0.1) is 17.7 Å². The molecule has 0 amide bonds. The monoisotopic (exact) mass is 285 g/mol. The van der Waals surface area contributed by atoms with Crippen LogP contribution in [0.2, 0.25) is 0 Å². The molecule has 0 unspecified atom stereocenters. The van der Waals surface area contributed by atoms with E-state index in [2.05, 4.69) is 28.6 Å². The number of thiol groups is 1. The molecule has 0 aliphatic heterocycles. The van der Waals surface area contributed by atoms with Crippen LogP contribution in [-0.4, -0.2) is 12.6 Å². The fourth-order valence-electron chi connectivity index (χ4n) is 1.04. The van der Waals surface area contributed by atoms with E-state index in [0.29, 0.717) is 27.1 Å². The summed E-state index contributed by atoms with van der Waals surface area (Å²) in [6, 6.07) is 5.06. The van der Waals surface area contributed by atoms with Crippen LogP contribution in [0, 0.1) is 11.3 Å². The van der Waals surface area contributed by atoms with Gasteiger partial charge >= 0.3 is 5.97 Å². The molecule has 0 N–H and O–H groups in total. The van der Waals surface area contributed by atoms with E-state index in [0.717, 1.165) is 0 Å². The zero-order valence-electron chi connectivity index (χ0n) is 7.95. The van der Waals surface area contributed by atoms with Gasteiger partial charge in [-0.05, 0) is 35.0 Å². The van der Waals surface area contributed by atoms with Gasteiger partial charge in [0.1, 0.15) is 6.07 Å². The Morgan fingerprint density at radius 3 is 2.80 bits per heavy atom. The zero-order chi connectivity index (χ0) is 11.4. The van der Waals surface area contributed by atoms with Gasteiger partial charge in [-0.3, -0.25) is 0 Å². The minimum absolute atomic E-state index is 0.318. The number of hydrogen-bond acceptors (Lipinski definition) is 4. The first kappa shape index (κ1) is 12.1. The van der Waals surface area contributed by atoms with Crippen LogP contribution in [0.3, 0.4) is 0 Å². The molecule has 0 aliphatic rings. The van der Waals surface area contributed by atoms with E-state index in [4.69, 9.17) is 10.00 Å². The third-order valence-corrected chi connectivity index (χ3v) is 2.67. The second-order valence-corrected chi connectivity index (χ2v) is 4.02. The summed E-state index contributed by atoms with van der Waals surface area (Å²) in [5.74, 6) is -0.419. The van der Waals surface area contributed by atoms with Gasteiger partial charge in [0, 0.05) is 9.37 Å². The van der Waals surface area contributed by atoms with E-state index < -0.39 is 5.97 Å². The van der Waals surface area contributed by atoms with Crippen molar-refractivity contribution in [3.05, 3.63) is 27.7 Å². The molecule has 0 aliphatic carbocycles. The smallest absolute Gasteiger partial charge is 0.338 e. The minimum atomic E-state index is -0.419. The van der Waals surface area contributed by atoms with Crippen molar-refractivity contribution in [2.24, 2.45) is 0 Å². The van der Waals surface area contributed by atoms with Crippen molar-refractivity contribution < 1.29 is 9.53 Å². The average molecular weight is 286 g/mol. The fourth-order valence-corrected chi connectivity index (χ4v) is 2.05. The minimum Gasteiger partial charge on any atom is -0.462 e. The van der Waals surface area contributed by atoms with Crippen molar-refractivity contribution in [2.75, 3.05) is 6.61 Å². The Bertz CT molecular complexity index is 417. The molecule has 0 atom stereocenters. The lowest BCUT2D eigenvalue weighted by atomic mass is 10.1. The Balaban J connectivity index is 3.15. The molecule has 0 aromatic heterocycles. The molecular formula is C10H8BrNO2S. The standard InChI is InChI=1S/C10H8BrNO2S/c1-2-14-10(13)6-3-8(11)7(5-12)9(15)4-6/h3-4,15H,2H2,1H3. The van der Waals surface area contributed by atoms with Crippen molar-refractivity contribution in [1.29, 1.82) is 5.26 Å². The predicted molar refractivity (Wildman–Crippen MR) is 62.1 cm³/mol. The number of hydrogen-bond donors (Lipinski definition) is 1. The number of halogens is 1. The second-order valence-electron chi connectivity index (χ2n) is 2.68. The van der Waals surface area contributed by atoms with Gasteiger partial charge in [-0.15, -0.1) is 12.6 Å². The van der Waals surface area contributed by atoms with Crippen molar-refractivity contribution in [3.8, 4) is 6.07 Å². The first-order chi connectivity index (χ1) is 7.10. The highest BCUT2D eigenvalue weighted by atomic mass is 79.9. The first-order valence-corrected chi connectivity index (χ1v) is 5.44. The predicted octanol–water partition coefficient (Wildman–Crippen LogP) is 2.79. The third kappa shape index (κ3) is 2.74. The van der Waals surface area contributed by atoms with Crippen LogP contribution in [0.25, 0.3) is 0 Å². The maximum absolute atomic E-state index is 11.4. The van der Waals surface area contributed by atoms with Gasteiger partial charge in [0.2, 0.25) is 0 Å². The van der Waals surface area contributed by atoms with Crippen LogP contribution in [0.4, 0.5) is 0 Å². The fraction of sp³-hybridized carbons (Fsp3) is 0.200. The van der Waals surface area contributed by atoms with E-state index in [9.17, 15) is 4.79 Å². The largest absolute Gasteiger partial charge is 0.462 e. The van der Waals surface area contributed by atoms with Gasteiger partial charge in [0.25, 0.3) is 0 Å². The van der Waals surface area contributed by atoms with Crippen LogP contribution in [0.1, 0.15) is 22.8 Å². The lowest BCUT2D eigenvalue weighted by Crippen LogP contribution is -2.05. The first-order valence-electron chi connectivity index (χ1n) is 4.19. The molecule has 1 aromatic carbocycles. The molecular weight excluding hydrogens is 278 g/mol. The zero-order valence-corrected chi connectivity index (χ0v) is 10.4. The number of esters is 1. The third-order valence-electron chi connectivity index (χ3n) is 1.69. The number of benzene rings is 1. The molecule has 0 saturated carbocycles. The van der Waals surface area contributed by atoms with Gasteiger partial charge in [0.15, 0.2) is 0 Å². The molecule has 15 heavy (non-hydrogen) atoms. The lowest BCUT2D eigenvalue weighted by Gasteiger charge is -2.05. The van der Waals surface area contributed by atoms with E-state index in [1.165, 1.54) is 6.07 Å². The van der Waals surface area contributed by atoms with E-state index in [-0.39, 0.29) is 0 Å². The molecule has 5 heteroatoms. The number of rotatable bonds is 2. The van der Waals surface area contributed by atoms with Gasteiger partial charge in [-0.25, -0.2) is 4.79 Å².